The van der Waals surface area contributed by atoms with Gasteiger partial charge in [-0.1, -0.05) is 5.21 Å². The Morgan fingerprint density at radius 3 is 2.86 bits per heavy atom. The largest absolute Gasteiger partial charge is 0.476 e. The predicted octanol–water partition coefficient (Wildman–Crippen LogP) is 1.21. The molecule has 0 amide bonds. The van der Waals surface area contributed by atoms with E-state index in [1.54, 1.807) is 15.6 Å². The van der Waals surface area contributed by atoms with Crippen LogP contribution in [-0.4, -0.2) is 49.1 Å². The van der Waals surface area contributed by atoms with Gasteiger partial charge < -0.3 is 9.84 Å². The number of ether oxygens (including phenoxy) is 1. The highest BCUT2D eigenvalue weighted by molar-refractivity contribution is 5.92. The Hall–Kier alpha value is -2.22. The molecular weight excluding hydrogens is 274 g/mol. The van der Waals surface area contributed by atoms with Crippen LogP contribution in [0.25, 0.3) is 11.3 Å². The van der Waals surface area contributed by atoms with Crippen molar-refractivity contribution in [1.82, 2.24) is 24.8 Å². The molecule has 0 saturated carbocycles. The summed E-state index contributed by atoms with van der Waals surface area (Å²) in [6, 6.07) is 0.110. The third-order valence-corrected chi connectivity index (χ3v) is 3.66. The fraction of sp³-hybridized carbons (Fsp3) is 0.538. The van der Waals surface area contributed by atoms with E-state index < -0.39 is 5.97 Å². The van der Waals surface area contributed by atoms with Gasteiger partial charge in [0.05, 0.1) is 12.2 Å². The Morgan fingerprint density at radius 1 is 1.48 bits per heavy atom. The summed E-state index contributed by atoms with van der Waals surface area (Å²) in [5.41, 5.74) is 1.22. The molecule has 21 heavy (non-hydrogen) atoms. The molecule has 0 aromatic carbocycles. The van der Waals surface area contributed by atoms with E-state index in [9.17, 15) is 9.90 Å². The van der Waals surface area contributed by atoms with Crippen LogP contribution >= 0.6 is 0 Å². The van der Waals surface area contributed by atoms with E-state index in [1.165, 1.54) is 0 Å². The van der Waals surface area contributed by atoms with Gasteiger partial charge >= 0.3 is 5.97 Å². The lowest BCUT2D eigenvalue weighted by Gasteiger charge is -2.23. The molecule has 0 aliphatic carbocycles. The van der Waals surface area contributed by atoms with Gasteiger partial charge in [0.1, 0.15) is 5.69 Å². The Morgan fingerprint density at radius 2 is 2.24 bits per heavy atom. The van der Waals surface area contributed by atoms with Crippen LogP contribution in [0.2, 0.25) is 0 Å². The lowest BCUT2D eigenvalue weighted by atomic mass is 10.1. The molecule has 8 nitrogen and oxygen atoms in total. The third-order valence-electron chi connectivity index (χ3n) is 3.66. The van der Waals surface area contributed by atoms with Crippen molar-refractivity contribution in [2.45, 2.75) is 32.4 Å². The Labute approximate surface area is 121 Å². The maximum atomic E-state index is 11.4. The first-order valence-corrected chi connectivity index (χ1v) is 6.99. The van der Waals surface area contributed by atoms with E-state index >= 15 is 0 Å². The van der Waals surface area contributed by atoms with Crippen molar-refractivity contribution in [1.29, 1.82) is 0 Å². The first-order valence-electron chi connectivity index (χ1n) is 6.99. The van der Waals surface area contributed by atoms with Crippen LogP contribution in [0.3, 0.4) is 0 Å². The number of carboxylic acid groups (broad SMARTS) is 1. The number of rotatable bonds is 4. The van der Waals surface area contributed by atoms with Crippen molar-refractivity contribution < 1.29 is 14.6 Å². The van der Waals surface area contributed by atoms with Crippen molar-refractivity contribution in [2.24, 2.45) is 0 Å². The topological polar surface area (TPSA) is 95.1 Å². The van der Waals surface area contributed by atoms with E-state index in [0.717, 1.165) is 24.9 Å². The number of nitrogens with zero attached hydrogens (tertiary/aromatic N) is 5. The SMILES string of the molecule is CCn1cc(-c2c(C(=O)O)nnn2C2CCOCC2)cn1. The van der Waals surface area contributed by atoms with Gasteiger partial charge in [-0.3, -0.25) is 4.68 Å². The minimum Gasteiger partial charge on any atom is -0.476 e. The lowest BCUT2D eigenvalue weighted by molar-refractivity contribution is 0.0662. The minimum atomic E-state index is -1.08. The Bertz CT molecular complexity index is 642. The number of hydrogen-bond acceptors (Lipinski definition) is 5. The highest BCUT2D eigenvalue weighted by atomic mass is 16.5. The molecule has 1 saturated heterocycles. The third kappa shape index (κ3) is 2.54. The van der Waals surface area contributed by atoms with Crippen LogP contribution in [0.5, 0.6) is 0 Å². The van der Waals surface area contributed by atoms with E-state index in [-0.39, 0.29) is 11.7 Å². The second kappa shape index (κ2) is 5.65. The summed E-state index contributed by atoms with van der Waals surface area (Å²) in [5.74, 6) is -1.08. The molecule has 0 unspecified atom stereocenters. The molecule has 1 fully saturated rings. The summed E-state index contributed by atoms with van der Waals surface area (Å²) in [4.78, 5) is 11.4. The molecule has 1 N–H and O–H groups in total. The number of carboxylic acids is 1. The molecule has 0 bridgehead atoms. The zero-order valence-electron chi connectivity index (χ0n) is 11.8. The zero-order chi connectivity index (χ0) is 14.8. The van der Waals surface area contributed by atoms with Crippen molar-refractivity contribution >= 4 is 5.97 Å². The second-order valence-corrected chi connectivity index (χ2v) is 4.96. The molecule has 1 aliphatic rings. The van der Waals surface area contributed by atoms with E-state index in [1.807, 2.05) is 13.1 Å². The Balaban J connectivity index is 2.06. The first-order chi connectivity index (χ1) is 10.2. The van der Waals surface area contributed by atoms with E-state index in [2.05, 4.69) is 15.4 Å². The van der Waals surface area contributed by atoms with Crippen molar-refractivity contribution in [3.05, 3.63) is 18.1 Å². The summed E-state index contributed by atoms with van der Waals surface area (Å²) in [7, 11) is 0. The van der Waals surface area contributed by atoms with Gasteiger partial charge in [0.25, 0.3) is 0 Å². The normalized spacial score (nSPS) is 16.2. The monoisotopic (exact) mass is 291 g/mol. The van der Waals surface area contributed by atoms with Gasteiger partial charge in [0.2, 0.25) is 0 Å². The molecule has 3 heterocycles. The molecule has 1 aliphatic heterocycles. The van der Waals surface area contributed by atoms with Crippen LogP contribution in [0, 0.1) is 0 Å². The molecule has 3 rings (SSSR count). The van der Waals surface area contributed by atoms with Gasteiger partial charge in [-0.05, 0) is 19.8 Å². The maximum Gasteiger partial charge on any atom is 0.358 e. The number of aryl methyl sites for hydroxylation is 1. The maximum absolute atomic E-state index is 11.4. The summed E-state index contributed by atoms with van der Waals surface area (Å²) in [6.45, 7) is 4.01. The first kappa shape index (κ1) is 13.7. The summed E-state index contributed by atoms with van der Waals surface area (Å²) < 4.78 is 8.81. The zero-order valence-corrected chi connectivity index (χ0v) is 11.8. The summed E-state index contributed by atoms with van der Waals surface area (Å²) >= 11 is 0. The van der Waals surface area contributed by atoms with Crippen LogP contribution in [-0.2, 0) is 11.3 Å². The highest BCUT2D eigenvalue weighted by Crippen LogP contribution is 2.29. The molecule has 8 heteroatoms. The van der Waals surface area contributed by atoms with E-state index in [4.69, 9.17) is 4.74 Å². The van der Waals surface area contributed by atoms with Crippen LogP contribution in [0.15, 0.2) is 12.4 Å². The summed E-state index contributed by atoms with van der Waals surface area (Å²) in [6.07, 6.45) is 5.08. The summed E-state index contributed by atoms with van der Waals surface area (Å²) in [5, 5.41) is 21.4. The van der Waals surface area contributed by atoms with Crippen molar-refractivity contribution in [3.8, 4) is 11.3 Å². The van der Waals surface area contributed by atoms with Gasteiger partial charge in [-0.15, -0.1) is 5.10 Å². The Kier molecular flexibility index (Phi) is 3.70. The minimum absolute atomic E-state index is 0.0304. The van der Waals surface area contributed by atoms with Gasteiger partial charge in [-0.25, -0.2) is 9.48 Å². The molecule has 0 spiro atoms. The number of aromatic carboxylic acids is 1. The molecule has 112 valence electrons. The van der Waals surface area contributed by atoms with Gasteiger partial charge in [-0.2, -0.15) is 5.10 Å². The second-order valence-electron chi connectivity index (χ2n) is 4.96. The van der Waals surface area contributed by atoms with Gasteiger partial charge in [0, 0.05) is 31.5 Å². The number of hydrogen-bond donors (Lipinski definition) is 1. The van der Waals surface area contributed by atoms with Crippen LogP contribution in [0.1, 0.15) is 36.3 Å². The van der Waals surface area contributed by atoms with Crippen LogP contribution < -0.4 is 0 Å². The average Bonchev–Trinajstić information content (AvgIpc) is 3.14. The lowest BCUT2D eigenvalue weighted by Crippen LogP contribution is -2.21. The fourth-order valence-corrected chi connectivity index (χ4v) is 2.55. The number of aromatic nitrogens is 5. The van der Waals surface area contributed by atoms with Crippen LogP contribution in [0.4, 0.5) is 0 Å². The van der Waals surface area contributed by atoms with Crippen molar-refractivity contribution in [3.63, 3.8) is 0 Å². The van der Waals surface area contributed by atoms with Gasteiger partial charge in [0.15, 0.2) is 5.69 Å². The standard InChI is InChI=1S/C13H17N5O3/c1-2-17-8-9(7-14-17)12-11(13(19)20)15-16-18(12)10-3-5-21-6-4-10/h7-8,10H,2-6H2,1H3,(H,19,20). The fourth-order valence-electron chi connectivity index (χ4n) is 2.55. The highest BCUT2D eigenvalue weighted by Gasteiger charge is 2.27. The molecule has 2 aromatic heterocycles. The van der Waals surface area contributed by atoms with E-state index in [0.29, 0.717) is 18.9 Å². The average molecular weight is 291 g/mol. The molecule has 0 atom stereocenters. The molecular formula is C13H17N5O3. The quantitative estimate of drug-likeness (QED) is 0.909. The molecule has 0 radical (unpaired) electrons. The smallest absolute Gasteiger partial charge is 0.358 e. The predicted molar refractivity (Wildman–Crippen MR) is 73.0 cm³/mol. The molecule has 2 aromatic rings. The van der Waals surface area contributed by atoms with Crippen molar-refractivity contribution in [2.75, 3.05) is 13.2 Å². The number of carbonyl (C=O) groups is 1.